The van der Waals surface area contributed by atoms with E-state index in [0.29, 0.717) is 11.1 Å². The Labute approximate surface area is 143 Å². The normalized spacial score (nSPS) is 12.5. The van der Waals surface area contributed by atoms with E-state index in [0.717, 1.165) is 11.4 Å². The number of benzene rings is 1. The number of amides is 2. The fourth-order valence-electron chi connectivity index (χ4n) is 1.44. The average Bonchev–Trinajstić information content (AvgIpc) is 2.56. The molecule has 0 spiro atoms. The second-order valence-electron chi connectivity index (χ2n) is 6.27. The lowest BCUT2D eigenvalue weighted by Gasteiger charge is -2.06. The zero-order valence-corrected chi connectivity index (χ0v) is 15.2. The lowest BCUT2D eigenvalue weighted by molar-refractivity contribution is 0.0943. The highest BCUT2D eigenvalue weighted by atomic mass is 16.2. The van der Waals surface area contributed by atoms with Crippen LogP contribution in [0.4, 0.5) is 0 Å². The monoisotopic (exact) mass is 330 g/mol. The van der Waals surface area contributed by atoms with E-state index in [-0.39, 0.29) is 23.7 Å². The van der Waals surface area contributed by atoms with Crippen LogP contribution in [0.2, 0.25) is 0 Å². The van der Waals surface area contributed by atoms with Crippen LogP contribution in [0.25, 0.3) is 0 Å². The maximum absolute atomic E-state index is 12.0. The molecule has 0 bridgehead atoms. The topological polar surface area (TPSA) is 82.9 Å². The predicted octanol–water partition coefficient (Wildman–Crippen LogP) is 3.21. The Morgan fingerprint density at radius 1 is 0.750 bits per heavy atom. The van der Waals surface area contributed by atoms with Crippen LogP contribution < -0.4 is 10.9 Å². The van der Waals surface area contributed by atoms with Crippen LogP contribution in [0.5, 0.6) is 0 Å². The van der Waals surface area contributed by atoms with Gasteiger partial charge < -0.3 is 0 Å². The predicted molar refractivity (Wildman–Crippen MR) is 97.3 cm³/mol. The molecule has 1 aromatic rings. The highest BCUT2D eigenvalue weighted by molar-refractivity contribution is 5.98. The van der Waals surface area contributed by atoms with Crippen molar-refractivity contribution in [1.29, 1.82) is 0 Å². The summed E-state index contributed by atoms with van der Waals surface area (Å²) in [7, 11) is 0. The van der Waals surface area contributed by atoms with E-state index in [1.54, 1.807) is 24.3 Å². The third-order valence-electron chi connectivity index (χ3n) is 3.75. The molecule has 0 aliphatic rings. The molecule has 6 nitrogen and oxygen atoms in total. The van der Waals surface area contributed by atoms with Gasteiger partial charge in [-0.15, -0.1) is 0 Å². The summed E-state index contributed by atoms with van der Waals surface area (Å²) in [5, 5.41) is 8.09. The first-order valence-corrected chi connectivity index (χ1v) is 8.01. The third-order valence-corrected chi connectivity index (χ3v) is 3.75. The van der Waals surface area contributed by atoms with Crippen molar-refractivity contribution < 1.29 is 9.59 Å². The standard InChI is InChI=1S/C18H26N4O2/c1-11(2)13(5)19-21-17(23)15-7-9-16(10-8-15)18(24)22-20-14(6)12(3)4/h7-12H,1-6H3,(H,21,23)(H,22,24)/b19-13-,20-14-. The highest BCUT2D eigenvalue weighted by Gasteiger charge is 2.09. The Balaban J connectivity index is 2.72. The molecule has 0 fully saturated rings. The quantitative estimate of drug-likeness (QED) is 0.620. The van der Waals surface area contributed by atoms with Crippen LogP contribution in [-0.2, 0) is 0 Å². The van der Waals surface area contributed by atoms with E-state index in [9.17, 15) is 9.59 Å². The van der Waals surface area contributed by atoms with Gasteiger partial charge in [0.05, 0.1) is 0 Å². The number of rotatable bonds is 6. The van der Waals surface area contributed by atoms with Crippen molar-refractivity contribution in [2.45, 2.75) is 41.5 Å². The summed E-state index contributed by atoms with van der Waals surface area (Å²) in [6.07, 6.45) is 0. The maximum Gasteiger partial charge on any atom is 0.271 e. The minimum absolute atomic E-state index is 0.270. The first kappa shape index (κ1) is 19.5. The Kier molecular flexibility index (Phi) is 7.30. The molecular weight excluding hydrogens is 304 g/mol. The SMILES string of the molecule is C/C(=N/NC(=O)c1ccc(C(=O)N/N=C(/C)C(C)C)cc1)C(C)C. The van der Waals surface area contributed by atoms with Crippen molar-refractivity contribution in [2.75, 3.05) is 0 Å². The summed E-state index contributed by atoms with van der Waals surface area (Å²) >= 11 is 0. The van der Waals surface area contributed by atoms with Crippen LogP contribution in [0.15, 0.2) is 34.5 Å². The van der Waals surface area contributed by atoms with Gasteiger partial charge in [0.2, 0.25) is 0 Å². The molecule has 0 saturated carbocycles. The number of hydrogen-bond acceptors (Lipinski definition) is 4. The maximum atomic E-state index is 12.0. The third kappa shape index (κ3) is 5.95. The summed E-state index contributed by atoms with van der Waals surface area (Å²) in [4.78, 5) is 24.0. The van der Waals surface area contributed by atoms with E-state index in [4.69, 9.17) is 0 Å². The Morgan fingerprint density at radius 2 is 1.04 bits per heavy atom. The Bertz CT molecular complexity index is 586. The number of hydrogen-bond donors (Lipinski definition) is 2. The number of carbonyl (C=O) groups is 2. The molecule has 0 saturated heterocycles. The molecule has 130 valence electrons. The zero-order valence-electron chi connectivity index (χ0n) is 15.2. The fourth-order valence-corrected chi connectivity index (χ4v) is 1.44. The molecule has 0 aliphatic carbocycles. The van der Waals surface area contributed by atoms with Gasteiger partial charge in [0.15, 0.2) is 0 Å². The first-order chi connectivity index (χ1) is 11.2. The van der Waals surface area contributed by atoms with Gasteiger partial charge in [0.25, 0.3) is 11.8 Å². The van der Waals surface area contributed by atoms with Crippen LogP contribution in [0.3, 0.4) is 0 Å². The summed E-state index contributed by atoms with van der Waals surface area (Å²) in [5.41, 5.74) is 7.58. The number of carbonyl (C=O) groups excluding carboxylic acids is 2. The summed E-state index contributed by atoms with van der Waals surface area (Å²) in [6, 6.07) is 6.35. The van der Waals surface area contributed by atoms with Crippen molar-refractivity contribution in [3.8, 4) is 0 Å². The van der Waals surface area contributed by atoms with E-state index in [1.807, 2.05) is 41.5 Å². The van der Waals surface area contributed by atoms with E-state index < -0.39 is 0 Å². The lowest BCUT2D eigenvalue weighted by Crippen LogP contribution is -2.22. The molecule has 2 N–H and O–H groups in total. The summed E-state index contributed by atoms with van der Waals surface area (Å²) in [5.74, 6) is -0.0799. The number of hydrazone groups is 2. The molecule has 2 amide bonds. The van der Waals surface area contributed by atoms with E-state index >= 15 is 0 Å². The van der Waals surface area contributed by atoms with Crippen molar-refractivity contribution in [3.05, 3.63) is 35.4 Å². The van der Waals surface area contributed by atoms with Gasteiger partial charge in [-0.2, -0.15) is 10.2 Å². The molecule has 1 rings (SSSR count). The van der Waals surface area contributed by atoms with Crippen molar-refractivity contribution in [3.63, 3.8) is 0 Å². The minimum Gasteiger partial charge on any atom is -0.267 e. The lowest BCUT2D eigenvalue weighted by atomic mass is 10.1. The smallest absolute Gasteiger partial charge is 0.267 e. The molecule has 0 atom stereocenters. The van der Waals surface area contributed by atoms with Gasteiger partial charge in [0.1, 0.15) is 0 Å². The van der Waals surface area contributed by atoms with Crippen LogP contribution in [0, 0.1) is 11.8 Å². The van der Waals surface area contributed by atoms with Gasteiger partial charge in [-0.1, -0.05) is 27.7 Å². The van der Waals surface area contributed by atoms with E-state index in [2.05, 4.69) is 21.1 Å². The average molecular weight is 330 g/mol. The van der Waals surface area contributed by atoms with Crippen molar-refractivity contribution in [2.24, 2.45) is 22.0 Å². The Morgan fingerprint density at radius 3 is 1.29 bits per heavy atom. The highest BCUT2D eigenvalue weighted by Crippen LogP contribution is 2.05. The first-order valence-electron chi connectivity index (χ1n) is 8.01. The molecule has 24 heavy (non-hydrogen) atoms. The van der Waals surface area contributed by atoms with Gasteiger partial charge in [-0.05, 0) is 49.9 Å². The molecule has 6 heteroatoms. The number of nitrogens with zero attached hydrogens (tertiary/aromatic N) is 2. The largest absolute Gasteiger partial charge is 0.271 e. The second kappa shape index (κ2) is 8.96. The van der Waals surface area contributed by atoms with Crippen LogP contribution in [0.1, 0.15) is 62.3 Å². The van der Waals surface area contributed by atoms with Crippen molar-refractivity contribution in [1.82, 2.24) is 10.9 Å². The fraction of sp³-hybridized carbons (Fsp3) is 0.444. The molecule has 0 heterocycles. The molecule has 0 aromatic heterocycles. The van der Waals surface area contributed by atoms with Gasteiger partial charge in [0, 0.05) is 22.6 Å². The van der Waals surface area contributed by atoms with Gasteiger partial charge in [-0.3, -0.25) is 9.59 Å². The van der Waals surface area contributed by atoms with Crippen molar-refractivity contribution >= 4 is 23.2 Å². The van der Waals surface area contributed by atoms with Crippen LogP contribution in [-0.4, -0.2) is 23.2 Å². The minimum atomic E-state index is -0.310. The summed E-state index contributed by atoms with van der Waals surface area (Å²) in [6.45, 7) is 11.7. The zero-order chi connectivity index (χ0) is 18.3. The molecule has 0 radical (unpaired) electrons. The molecular formula is C18H26N4O2. The molecule has 0 aliphatic heterocycles. The van der Waals surface area contributed by atoms with Gasteiger partial charge in [-0.25, -0.2) is 10.9 Å². The van der Waals surface area contributed by atoms with Crippen LogP contribution >= 0.6 is 0 Å². The second-order valence-corrected chi connectivity index (χ2v) is 6.27. The molecule has 0 unspecified atom stereocenters. The summed E-state index contributed by atoms with van der Waals surface area (Å²) < 4.78 is 0. The van der Waals surface area contributed by atoms with E-state index in [1.165, 1.54) is 0 Å². The Hall–Kier alpha value is -2.50. The molecule has 1 aromatic carbocycles. The number of nitrogens with one attached hydrogen (secondary N) is 2. The van der Waals surface area contributed by atoms with Gasteiger partial charge >= 0.3 is 0 Å².